The molecule has 1 N–H and O–H groups in total. The average Bonchev–Trinajstić information content (AvgIpc) is 2.43. The molecule has 0 spiro atoms. The van der Waals surface area contributed by atoms with Crippen molar-refractivity contribution in [1.82, 2.24) is 10.3 Å². The third-order valence-corrected chi connectivity index (χ3v) is 2.99. The number of nitrogens with one attached hydrogen (secondary N) is 1. The van der Waals surface area contributed by atoms with Gasteiger partial charge < -0.3 is 5.32 Å². The lowest BCUT2D eigenvalue weighted by Crippen LogP contribution is -2.24. The van der Waals surface area contributed by atoms with E-state index < -0.39 is 0 Å². The second-order valence-electron chi connectivity index (χ2n) is 4.50. The van der Waals surface area contributed by atoms with Crippen LogP contribution in [0.2, 0.25) is 0 Å². The first-order valence-electron chi connectivity index (χ1n) is 6.55. The molecular formula is C15H17FN2O. The third kappa shape index (κ3) is 3.28. The van der Waals surface area contributed by atoms with Crippen molar-refractivity contribution in [2.45, 2.75) is 26.2 Å². The Bertz CT molecular complexity index is 583. The van der Waals surface area contributed by atoms with E-state index in [1.165, 1.54) is 12.3 Å². The summed E-state index contributed by atoms with van der Waals surface area (Å²) in [6.07, 6.45) is 4.60. The number of hydrogen-bond donors (Lipinski definition) is 1. The van der Waals surface area contributed by atoms with Gasteiger partial charge in [0.15, 0.2) is 0 Å². The summed E-state index contributed by atoms with van der Waals surface area (Å²) in [6, 6.07) is 6.39. The van der Waals surface area contributed by atoms with Gasteiger partial charge in [-0.05, 0) is 18.6 Å². The highest BCUT2D eigenvalue weighted by atomic mass is 19.1. The molecule has 0 aliphatic carbocycles. The van der Waals surface area contributed by atoms with E-state index in [1.54, 1.807) is 18.2 Å². The van der Waals surface area contributed by atoms with Crippen LogP contribution in [0.15, 0.2) is 30.5 Å². The molecule has 1 amide bonds. The zero-order valence-electron chi connectivity index (χ0n) is 10.9. The van der Waals surface area contributed by atoms with Crippen LogP contribution in [0.3, 0.4) is 0 Å². The van der Waals surface area contributed by atoms with Crippen LogP contribution in [-0.2, 0) is 0 Å². The Morgan fingerprint density at radius 2 is 2.21 bits per heavy atom. The molecule has 0 bridgehead atoms. The number of aromatic nitrogens is 1. The molecule has 0 atom stereocenters. The van der Waals surface area contributed by atoms with E-state index in [4.69, 9.17) is 0 Å². The molecule has 0 aliphatic heterocycles. The smallest absolute Gasteiger partial charge is 0.252 e. The number of amides is 1. The predicted molar refractivity (Wildman–Crippen MR) is 73.6 cm³/mol. The van der Waals surface area contributed by atoms with Gasteiger partial charge in [0.25, 0.3) is 5.91 Å². The van der Waals surface area contributed by atoms with E-state index in [0.717, 1.165) is 19.3 Å². The normalized spacial score (nSPS) is 10.6. The van der Waals surface area contributed by atoms with Crippen LogP contribution in [0.5, 0.6) is 0 Å². The summed E-state index contributed by atoms with van der Waals surface area (Å²) in [6.45, 7) is 2.78. The molecule has 0 unspecified atom stereocenters. The molecule has 0 saturated heterocycles. The Kier molecular flexibility index (Phi) is 4.44. The van der Waals surface area contributed by atoms with Crippen molar-refractivity contribution in [3.05, 3.63) is 41.8 Å². The Morgan fingerprint density at radius 1 is 1.37 bits per heavy atom. The zero-order chi connectivity index (χ0) is 13.7. The molecule has 0 saturated carbocycles. The Morgan fingerprint density at radius 3 is 3.00 bits per heavy atom. The van der Waals surface area contributed by atoms with Crippen molar-refractivity contribution >= 4 is 16.8 Å². The largest absolute Gasteiger partial charge is 0.352 e. The van der Waals surface area contributed by atoms with Gasteiger partial charge in [-0.2, -0.15) is 0 Å². The van der Waals surface area contributed by atoms with E-state index in [2.05, 4.69) is 17.2 Å². The lowest BCUT2D eigenvalue weighted by atomic mass is 10.1. The topological polar surface area (TPSA) is 42.0 Å². The summed E-state index contributed by atoms with van der Waals surface area (Å²) in [4.78, 5) is 15.9. The molecule has 3 nitrogen and oxygen atoms in total. The number of nitrogens with zero attached hydrogens (tertiary/aromatic N) is 1. The van der Waals surface area contributed by atoms with Crippen molar-refractivity contribution in [2.75, 3.05) is 6.54 Å². The van der Waals surface area contributed by atoms with Gasteiger partial charge in [0.1, 0.15) is 11.3 Å². The number of carbonyl (C=O) groups is 1. The lowest BCUT2D eigenvalue weighted by molar-refractivity contribution is 0.0953. The predicted octanol–water partition coefficient (Wildman–Crippen LogP) is 3.29. The fourth-order valence-corrected chi connectivity index (χ4v) is 1.93. The minimum Gasteiger partial charge on any atom is -0.352 e. The highest BCUT2D eigenvalue weighted by molar-refractivity contribution is 5.97. The van der Waals surface area contributed by atoms with Gasteiger partial charge in [0.2, 0.25) is 0 Å². The lowest BCUT2D eigenvalue weighted by Gasteiger charge is -2.05. The molecule has 100 valence electrons. The van der Waals surface area contributed by atoms with Gasteiger partial charge in [-0.15, -0.1) is 0 Å². The van der Waals surface area contributed by atoms with E-state index in [9.17, 15) is 9.18 Å². The molecule has 0 radical (unpaired) electrons. The number of pyridine rings is 1. The maximum atomic E-state index is 13.4. The summed E-state index contributed by atoms with van der Waals surface area (Å²) in [7, 11) is 0. The highest BCUT2D eigenvalue weighted by Gasteiger charge is 2.08. The van der Waals surface area contributed by atoms with E-state index in [1.807, 2.05) is 0 Å². The van der Waals surface area contributed by atoms with Crippen LogP contribution in [0, 0.1) is 5.82 Å². The molecule has 4 heteroatoms. The molecule has 0 fully saturated rings. The van der Waals surface area contributed by atoms with Gasteiger partial charge in [0, 0.05) is 18.1 Å². The van der Waals surface area contributed by atoms with Gasteiger partial charge in [0.05, 0.1) is 5.56 Å². The Balaban J connectivity index is 2.10. The minimum absolute atomic E-state index is 0.158. The number of para-hydroxylation sites is 1. The second kappa shape index (κ2) is 6.27. The summed E-state index contributed by atoms with van der Waals surface area (Å²) in [5.41, 5.74) is 0.764. The summed E-state index contributed by atoms with van der Waals surface area (Å²) >= 11 is 0. The molecule has 1 heterocycles. The minimum atomic E-state index is -0.368. The SMILES string of the molecule is CCCCCNC(=O)c1cnc2c(F)cccc2c1. The van der Waals surface area contributed by atoms with E-state index in [-0.39, 0.29) is 11.7 Å². The van der Waals surface area contributed by atoms with E-state index >= 15 is 0 Å². The fraction of sp³-hybridized carbons (Fsp3) is 0.333. The van der Waals surface area contributed by atoms with Crippen LogP contribution < -0.4 is 5.32 Å². The van der Waals surface area contributed by atoms with Gasteiger partial charge in [-0.25, -0.2) is 4.39 Å². The van der Waals surface area contributed by atoms with E-state index in [0.29, 0.717) is 23.0 Å². The van der Waals surface area contributed by atoms with Crippen molar-refractivity contribution in [3.63, 3.8) is 0 Å². The van der Waals surface area contributed by atoms with Crippen molar-refractivity contribution in [2.24, 2.45) is 0 Å². The molecule has 1 aromatic carbocycles. The zero-order valence-corrected chi connectivity index (χ0v) is 10.9. The highest BCUT2D eigenvalue weighted by Crippen LogP contribution is 2.16. The average molecular weight is 260 g/mol. The Hall–Kier alpha value is -1.97. The van der Waals surface area contributed by atoms with Crippen molar-refractivity contribution in [3.8, 4) is 0 Å². The first-order chi connectivity index (χ1) is 9.22. The number of benzene rings is 1. The molecule has 2 rings (SSSR count). The molecule has 0 aliphatic rings. The van der Waals surface area contributed by atoms with Crippen LogP contribution >= 0.6 is 0 Å². The summed E-state index contributed by atoms with van der Waals surface area (Å²) < 4.78 is 13.4. The second-order valence-corrected chi connectivity index (χ2v) is 4.50. The van der Waals surface area contributed by atoms with Crippen LogP contribution in [0.25, 0.3) is 10.9 Å². The standard InChI is InChI=1S/C15H17FN2O/c1-2-3-4-8-17-15(19)12-9-11-6-5-7-13(16)14(11)18-10-12/h5-7,9-10H,2-4,8H2,1H3,(H,17,19). The maximum Gasteiger partial charge on any atom is 0.252 e. The summed E-state index contributed by atoms with van der Waals surface area (Å²) in [5.74, 6) is -0.526. The Labute approximate surface area is 111 Å². The molecule has 1 aromatic heterocycles. The van der Waals surface area contributed by atoms with Crippen molar-refractivity contribution in [1.29, 1.82) is 0 Å². The van der Waals surface area contributed by atoms with Gasteiger partial charge in [-0.3, -0.25) is 9.78 Å². The molecule has 19 heavy (non-hydrogen) atoms. The van der Waals surface area contributed by atoms with Crippen molar-refractivity contribution < 1.29 is 9.18 Å². The van der Waals surface area contributed by atoms with Gasteiger partial charge in [-0.1, -0.05) is 31.9 Å². The number of fused-ring (bicyclic) bond motifs is 1. The third-order valence-electron chi connectivity index (χ3n) is 2.99. The van der Waals surface area contributed by atoms with Gasteiger partial charge >= 0.3 is 0 Å². The summed E-state index contributed by atoms with van der Waals surface area (Å²) in [5, 5.41) is 3.48. The maximum absolute atomic E-state index is 13.4. The number of unbranched alkanes of at least 4 members (excludes halogenated alkanes) is 2. The monoisotopic (exact) mass is 260 g/mol. The number of carbonyl (C=O) groups excluding carboxylic acids is 1. The van der Waals surface area contributed by atoms with Crippen LogP contribution in [-0.4, -0.2) is 17.4 Å². The first kappa shape index (κ1) is 13.5. The first-order valence-corrected chi connectivity index (χ1v) is 6.55. The van der Waals surface area contributed by atoms with Crippen LogP contribution in [0.1, 0.15) is 36.5 Å². The molecular weight excluding hydrogens is 243 g/mol. The number of rotatable bonds is 5. The van der Waals surface area contributed by atoms with Crippen LogP contribution in [0.4, 0.5) is 4.39 Å². The molecule has 2 aromatic rings. The fourth-order valence-electron chi connectivity index (χ4n) is 1.93. The number of hydrogen-bond acceptors (Lipinski definition) is 2. The quantitative estimate of drug-likeness (QED) is 0.838. The number of halogens is 1.